The van der Waals surface area contributed by atoms with E-state index in [9.17, 15) is 0 Å². The molecule has 0 aliphatic heterocycles. The van der Waals surface area contributed by atoms with Gasteiger partial charge in [0.2, 0.25) is 0 Å². The zero-order valence-electron chi connectivity index (χ0n) is 23.9. The molecule has 2 nitrogen and oxygen atoms in total. The fourth-order valence-corrected chi connectivity index (χ4v) is 6.40. The summed E-state index contributed by atoms with van der Waals surface area (Å²) in [5, 5.41) is 5.06. The minimum atomic E-state index is 0.749. The molecule has 1 aliphatic rings. The molecule has 0 radical (unpaired) electrons. The lowest BCUT2D eigenvalue weighted by molar-refractivity contribution is 1.06. The molecule has 1 aliphatic carbocycles. The fraction of sp³-hybridized carbons (Fsp3) is 0.0488. The second-order valence-corrected chi connectivity index (χ2v) is 11.0. The molecule has 1 heterocycles. The number of hydrogen-bond donors (Lipinski definition) is 0. The van der Waals surface area contributed by atoms with Crippen LogP contribution in [0.3, 0.4) is 0 Å². The third-order valence-electron chi connectivity index (χ3n) is 8.32. The van der Waals surface area contributed by atoms with E-state index in [4.69, 9.17) is 4.98 Å². The monoisotopic (exact) mass is 548 g/mol. The summed E-state index contributed by atoms with van der Waals surface area (Å²) in [4.78, 5) is 5.04. The summed E-state index contributed by atoms with van der Waals surface area (Å²) in [6.45, 7) is 2.18. The summed E-state index contributed by atoms with van der Waals surface area (Å²) in [7, 11) is 0. The Hall–Kier alpha value is -5.65. The largest absolute Gasteiger partial charge is 0.292 e. The van der Waals surface area contributed by atoms with Crippen LogP contribution in [-0.2, 0) is 0 Å². The smallest absolute Gasteiger partial charge is 0.146 e. The van der Waals surface area contributed by atoms with Gasteiger partial charge >= 0.3 is 0 Å². The molecule has 0 bridgehead atoms. The van der Waals surface area contributed by atoms with E-state index < -0.39 is 0 Å². The van der Waals surface area contributed by atoms with Gasteiger partial charge in [0.15, 0.2) is 0 Å². The molecule has 0 atom stereocenters. The number of rotatable bonds is 4. The van der Waals surface area contributed by atoms with Gasteiger partial charge in [0.05, 0.1) is 11.0 Å². The first-order valence-electron chi connectivity index (χ1n) is 14.7. The van der Waals surface area contributed by atoms with Crippen LogP contribution in [0.1, 0.15) is 17.8 Å². The molecule has 2 heteroatoms. The maximum Gasteiger partial charge on any atom is 0.146 e. The lowest BCUT2D eigenvalue weighted by Crippen LogP contribution is -2.00. The fourth-order valence-electron chi connectivity index (χ4n) is 6.40. The van der Waals surface area contributed by atoms with Crippen LogP contribution in [-0.4, -0.2) is 9.55 Å². The molecule has 1 aromatic heterocycles. The van der Waals surface area contributed by atoms with Gasteiger partial charge in [-0.3, -0.25) is 4.57 Å². The van der Waals surface area contributed by atoms with Crippen molar-refractivity contribution in [2.24, 2.45) is 0 Å². The minimum absolute atomic E-state index is 0.749. The zero-order valence-corrected chi connectivity index (χ0v) is 23.9. The van der Waals surface area contributed by atoms with Crippen LogP contribution in [0.4, 0.5) is 0 Å². The van der Waals surface area contributed by atoms with Gasteiger partial charge in [0.25, 0.3) is 0 Å². The van der Waals surface area contributed by atoms with Crippen molar-refractivity contribution >= 4 is 38.2 Å². The summed E-state index contributed by atoms with van der Waals surface area (Å²) in [6, 6.07) is 43.7. The average molecular weight is 549 g/mol. The highest BCUT2D eigenvalue weighted by molar-refractivity contribution is 6.21. The van der Waals surface area contributed by atoms with E-state index >= 15 is 0 Å². The first-order chi connectivity index (χ1) is 21.3. The standard InChI is InChI=1S/C41H28N2/c1-28-21-26-35-36(27-28)40(34-18-10-9-17-33(34)39(35)29-13-7-4-8-14-29)30-22-24-32(25-23-30)43-38-20-12-11-19-37(38)42-41(43)31-15-5-2-3-6-16-31/h4-5,7-27H,2H2,1H3. The van der Waals surface area contributed by atoms with Crippen LogP contribution >= 0.6 is 0 Å². The first kappa shape index (κ1) is 25.1. The number of nitrogens with zero attached hydrogens (tertiary/aromatic N) is 2. The van der Waals surface area contributed by atoms with E-state index in [1.54, 1.807) is 0 Å². The third kappa shape index (κ3) is 4.26. The Morgan fingerprint density at radius 1 is 0.651 bits per heavy atom. The average Bonchev–Trinajstić information content (AvgIpc) is 3.22. The molecule has 202 valence electrons. The van der Waals surface area contributed by atoms with Crippen molar-refractivity contribution in [1.29, 1.82) is 0 Å². The van der Waals surface area contributed by atoms with Crippen LogP contribution in [0.25, 0.3) is 66.1 Å². The molecule has 43 heavy (non-hydrogen) atoms. The highest BCUT2D eigenvalue weighted by Gasteiger charge is 2.18. The number of aryl methyl sites for hydroxylation is 1. The molecular formula is C41H28N2. The van der Waals surface area contributed by atoms with Crippen LogP contribution < -0.4 is 0 Å². The van der Waals surface area contributed by atoms with Gasteiger partial charge in [0, 0.05) is 17.7 Å². The van der Waals surface area contributed by atoms with Crippen molar-refractivity contribution < 1.29 is 0 Å². The van der Waals surface area contributed by atoms with E-state index in [-0.39, 0.29) is 0 Å². The summed E-state index contributed by atoms with van der Waals surface area (Å²) in [5.74, 6) is 7.24. The second-order valence-electron chi connectivity index (χ2n) is 11.0. The lowest BCUT2D eigenvalue weighted by atomic mass is 9.85. The molecule has 0 fully saturated rings. The maximum atomic E-state index is 5.04. The van der Waals surface area contributed by atoms with E-state index in [0.29, 0.717) is 0 Å². The molecule has 0 saturated heterocycles. The van der Waals surface area contributed by atoms with Gasteiger partial charge in [-0.1, -0.05) is 127 Å². The van der Waals surface area contributed by atoms with Gasteiger partial charge in [-0.05, 0) is 81.1 Å². The Labute approximate surface area is 251 Å². The van der Waals surface area contributed by atoms with Gasteiger partial charge in [-0.2, -0.15) is 0 Å². The van der Waals surface area contributed by atoms with E-state index in [1.807, 2.05) is 12.1 Å². The number of hydrogen-bond acceptors (Lipinski definition) is 1. The molecule has 0 unspecified atom stereocenters. The van der Waals surface area contributed by atoms with Gasteiger partial charge in [-0.25, -0.2) is 4.98 Å². The minimum Gasteiger partial charge on any atom is -0.292 e. The maximum absolute atomic E-state index is 5.04. The molecule has 6 aromatic carbocycles. The van der Waals surface area contributed by atoms with Crippen LogP contribution in [0.15, 0.2) is 140 Å². The summed E-state index contributed by atoms with van der Waals surface area (Å²) in [5.41, 5.74) is 10.4. The normalized spacial score (nSPS) is 12.7. The molecule has 0 saturated carbocycles. The van der Waals surface area contributed by atoms with Gasteiger partial charge in [0.1, 0.15) is 5.82 Å². The van der Waals surface area contributed by atoms with E-state index in [2.05, 4.69) is 151 Å². The number of benzene rings is 6. The third-order valence-corrected chi connectivity index (χ3v) is 8.32. The van der Waals surface area contributed by atoms with Crippen LogP contribution in [0.2, 0.25) is 0 Å². The van der Waals surface area contributed by atoms with Crippen molar-refractivity contribution in [2.45, 2.75) is 13.3 Å². The Morgan fingerprint density at radius 2 is 1.33 bits per heavy atom. The Morgan fingerprint density at radius 3 is 2.14 bits per heavy atom. The van der Waals surface area contributed by atoms with Crippen LogP contribution in [0, 0.1) is 18.8 Å². The number of allylic oxidation sites excluding steroid dienone is 4. The second kappa shape index (κ2) is 10.3. The number of imidazole rings is 1. The highest BCUT2D eigenvalue weighted by atomic mass is 15.1. The lowest BCUT2D eigenvalue weighted by Gasteiger charge is -2.18. The predicted octanol–water partition coefficient (Wildman–Crippen LogP) is 10.3. The first-order valence-corrected chi connectivity index (χ1v) is 14.7. The summed E-state index contributed by atoms with van der Waals surface area (Å²) in [6.07, 6.45) is 6.95. The van der Waals surface area contributed by atoms with Crippen molar-refractivity contribution in [1.82, 2.24) is 9.55 Å². The highest BCUT2D eigenvalue weighted by Crippen LogP contribution is 2.44. The molecule has 0 amide bonds. The number of aromatic nitrogens is 2. The van der Waals surface area contributed by atoms with Crippen LogP contribution in [0.5, 0.6) is 0 Å². The number of para-hydroxylation sites is 2. The Balaban J connectivity index is 1.36. The SMILES string of the molecule is Cc1ccc2c(-c3ccccc3)c3ccccc3c(-c3ccc(-n4c(C5=CC#CCC=C5)nc5ccccc54)cc3)c2c1. The molecule has 8 rings (SSSR count). The predicted molar refractivity (Wildman–Crippen MR) is 181 cm³/mol. The van der Waals surface area contributed by atoms with Gasteiger partial charge in [-0.15, -0.1) is 0 Å². The number of fused-ring (bicyclic) bond motifs is 3. The van der Waals surface area contributed by atoms with E-state index in [1.165, 1.54) is 49.4 Å². The Kier molecular flexibility index (Phi) is 6.02. The quantitative estimate of drug-likeness (QED) is 0.158. The molecular weight excluding hydrogens is 520 g/mol. The summed E-state index contributed by atoms with van der Waals surface area (Å²) >= 11 is 0. The van der Waals surface area contributed by atoms with Crippen molar-refractivity contribution in [2.75, 3.05) is 0 Å². The van der Waals surface area contributed by atoms with E-state index in [0.717, 1.165) is 34.5 Å². The van der Waals surface area contributed by atoms with Crippen molar-refractivity contribution in [3.05, 3.63) is 151 Å². The zero-order chi connectivity index (χ0) is 28.8. The van der Waals surface area contributed by atoms with Gasteiger partial charge < -0.3 is 0 Å². The molecule has 0 spiro atoms. The summed E-state index contributed by atoms with van der Waals surface area (Å²) < 4.78 is 2.25. The topological polar surface area (TPSA) is 17.8 Å². The Bertz CT molecular complexity index is 2300. The van der Waals surface area contributed by atoms with Crippen molar-refractivity contribution in [3.8, 4) is 39.8 Å². The molecule has 7 aromatic rings. The molecule has 0 N–H and O–H groups in total. The van der Waals surface area contributed by atoms with Crippen molar-refractivity contribution in [3.63, 3.8) is 0 Å².